The van der Waals surface area contributed by atoms with Gasteiger partial charge in [0.1, 0.15) is 17.6 Å². The molecule has 0 radical (unpaired) electrons. The Morgan fingerprint density at radius 3 is 2.71 bits per heavy atom. The van der Waals surface area contributed by atoms with Crippen LogP contribution in [-0.2, 0) is 4.74 Å². The first-order chi connectivity index (χ1) is 15.2. The zero-order chi connectivity index (χ0) is 21.9. The first-order valence-electron chi connectivity index (χ1n) is 10.6. The summed E-state index contributed by atoms with van der Waals surface area (Å²) in [5.41, 5.74) is 1.34. The Hall–Kier alpha value is -2.67. The summed E-state index contributed by atoms with van der Waals surface area (Å²) in [5.74, 6) is 1.35. The number of hydrogen-bond donors (Lipinski definition) is 3. The van der Waals surface area contributed by atoms with Gasteiger partial charge in [0, 0.05) is 38.1 Å². The van der Waals surface area contributed by atoms with E-state index in [1.807, 2.05) is 24.3 Å². The van der Waals surface area contributed by atoms with E-state index in [1.54, 1.807) is 7.11 Å². The Kier molecular flexibility index (Phi) is 9.09. The van der Waals surface area contributed by atoms with E-state index in [0.717, 1.165) is 75.4 Å². The van der Waals surface area contributed by atoms with Crippen molar-refractivity contribution in [3.63, 3.8) is 0 Å². The highest BCUT2D eigenvalue weighted by Gasteiger charge is 2.09. The van der Waals surface area contributed by atoms with Crippen LogP contribution >= 0.6 is 12.2 Å². The zero-order valence-electron chi connectivity index (χ0n) is 17.9. The van der Waals surface area contributed by atoms with Crippen molar-refractivity contribution in [2.24, 2.45) is 0 Å². The van der Waals surface area contributed by atoms with Crippen molar-refractivity contribution in [2.75, 3.05) is 64.9 Å². The highest BCUT2D eigenvalue weighted by molar-refractivity contribution is 7.80. The molecule has 0 spiro atoms. The van der Waals surface area contributed by atoms with E-state index in [1.165, 1.54) is 0 Å². The minimum absolute atomic E-state index is 0.520. The van der Waals surface area contributed by atoms with E-state index in [2.05, 4.69) is 31.9 Å². The van der Waals surface area contributed by atoms with Gasteiger partial charge in [-0.3, -0.25) is 4.90 Å². The molecule has 0 unspecified atom stereocenters. The number of ether oxygens (including phenoxy) is 2. The Bertz CT molecular complexity index is 911. The van der Waals surface area contributed by atoms with Gasteiger partial charge in [-0.15, -0.1) is 0 Å². The van der Waals surface area contributed by atoms with Gasteiger partial charge >= 0.3 is 0 Å². The number of aromatic nitrogens is 1. The summed E-state index contributed by atoms with van der Waals surface area (Å²) < 4.78 is 10.6. The molecule has 2 heterocycles. The third-order valence-corrected chi connectivity index (χ3v) is 5.40. The highest BCUT2D eigenvalue weighted by Crippen LogP contribution is 2.23. The first-order valence-corrected chi connectivity index (χ1v) is 11.0. The number of pyridine rings is 1. The minimum Gasteiger partial charge on any atom is -0.497 e. The van der Waals surface area contributed by atoms with Crippen LogP contribution in [0.15, 0.2) is 24.3 Å². The number of methoxy groups -OCH3 is 1. The fourth-order valence-corrected chi connectivity index (χ4v) is 3.59. The smallest absolute Gasteiger partial charge is 0.166 e. The van der Waals surface area contributed by atoms with Gasteiger partial charge in [0.15, 0.2) is 5.11 Å². The summed E-state index contributed by atoms with van der Waals surface area (Å²) in [6.07, 6.45) is 1.91. The number of rotatable bonds is 10. The molecule has 1 aliphatic heterocycles. The van der Waals surface area contributed by atoms with Gasteiger partial charge in [-0.1, -0.05) is 0 Å². The molecule has 0 aliphatic carbocycles. The SMILES string of the molecule is COc1ccc2nc(NCCCNC(=S)NCCCN3CCOCC3)c(C#N)cc2c1. The molecule has 31 heavy (non-hydrogen) atoms. The van der Waals surface area contributed by atoms with Crippen LogP contribution in [0.4, 0.5) is 5.82 Å². The van der Waals surface area contributed by atoms with Crippen LogP contribution < -0.4 is 20.7 Å². The maximum atomic E-state index is 9.46. The Balaban J connectivity index is 1.34. The molecule has 0 saturated carbocycles. The predicted octanol–water partition coefficient (Wildman–Crippen LogP) is 2.10. The summed E-state index contributed by atoms with van der Waals surface area (Å²) >= 11 is 5.34. The number of morpholine rings is 1. The standard InChI is InChI=1S/C22H30N6O2S/c1-29-19-4-5-20-17(15-19)14-18(16-23)21(27-20)24-6-2-7-25-22(31)26-8-3-9-28-10-12-30-13-11-28/h4-5,14-15H,2-3,6-13H2,1H3,(H,24,27)(H2,25,26,31). The Morgan fingerprint density at radius 2 is 1.97 bits per heavy atom. The van der Waals surface area contributed by atoms with E-state index in [0.29, 0.717) is 23.0 Å². The lowest BCUT2D eigenvalue weighted by Gasteiger charge is -2.26. The number of nitrogens with one attached hydrogen (secondary N) is 3. The van der Waals surface area contributed by atoms with Crippen LogP contribution in [0.1, 0.15) is 18.4 Å². The summed E-state index contributed by atoms with van der Waals surface area (Å²) in [7, 11) is 1.62. The molecule has 9 heteroatoms. The van der Waals surface area contributed by atoms with Gasteiger partial charge in [-0.05, 0) is 55.9 Å². The van der Waals surface area contributed by atoms with Crippen molar-refractivity contribution < 1.29 is 9.47 Å². The normalized spacial score (nSPS) is 14.1. The van der Waals surface area contributed by atoms with Crippen LogP contribution in [0.3, 0.4) is 0 Å². The topological polar surface area (TPSA) is 94.5 Å². The molecule has 0 amide bonds. The highest BCUT2D eigenvalue weighted by atomic mass is 32.1. The van der Waals surface area contributed by atoms with Gasteiger partial charge in [-0.2, -0.15) is 5.26 Å². The van der Waals surface area contributed by atoms with Gasteiger partial charge < -0.3 is 25.4 Å². The second kappa shape index (κ2) is 12.2. The maximum Gasteiger partial charge on any atom is 0.166 e. The molecule has 8 nitrogen and oxygen atoms in total. The van der Waals surface area contributed by atoms with Crippen LogP contribution in [0.2, 0.25) is 0 Å². The minimum atomic E-state index is 0.520. The Morgan fingerprint density at radius 1 is 1.19 bits per heavy atom. The fourth-order valence-electron chi connectivity index (χ4n) is 3.39. The van der Waals surface area contributed by atoms with Crippen molar-refractivity contribution >= 4 is 34.1 Å². The first kappa shape index (κ1) is 23.0. The van der Waals surface area contributed by atoms with Crippen LogP contribution in [-0.4, -0.2) is 74.6 Å². The molecule has 3 N–H and O–H groups in total. The number of anilines is 1. The largest absolute Gasteiger partial charge is 0.497 e. The van der Waals surface area contributed by atoms with E-state index in [-0.39, 0.29) is 0 Å². The molecule has 3 rings (SSSR count). The molecule has 1 aromatic heterocycles. The van der Waals surface area contributed by atoms with Crippen molar-refractivity contribution in [2.45, 2.75) is 12.8 Å². The molecule has 166 valence electrons. The van der Waals surface area contributed by atoms with Gasteiger partial charge in [0.25, 0.3) is 0 Å². The number of fused-ring (bicyclic) bond motifs is 1. The monoisotopic (exact) mass is 442 g/mol. The average molecular weight is 443 g/mol. The fraction of sp³-hybridized carbons (Fsp3) is 0.500. The van der Waals surface area contributed by atoms with Gasteiger partial charge in [0.05, 0.1) is 31.4 Å². The van der Waals surface area contributed by atoms with E-state index in [4.69, 9.17) is 21.7 Å². The maximum absolute atomic E-state index is 9.46. The lowest BCUT2D eigenvalue weighted by Crippen LogP contribution is -2.40. The molecule has 0 bridgehead atoms. The van der Waals surface area contributed by atoms with Crippen molar-refractivity contribution in [3.8, 4) is 11.8 Å². The van der Waals surface area contributed by atoms with Crippen LogP contribution in [0.5, 0.6) is 5.75 Å². The van der Waals surface area contributed by atoms with Gasteiger partial charge in [0.2, 0.25) is 0 Å². The summed E-state index contributed by atoms with van der Waals surface area (Å²) in [6, 6.07) is 9.69. The molecule has 1 fully saturated rings. The molecular formula is C22H30N6O2S. The van der Waals surface area contributed by atoms with Crippen molar-refractivity contribution in [3.05, 3.63) is 29.8 Å². The second-order valence-electron chi connectivity index (χ2n) is 7.33. The number of thiocarbonyl (C=S) groups is 1. The number of hydrogen-bond acceptors (Lipinski definition) is 7. The van der Waals surface area contributed by atoms with Crippen LogP contribution in [0, 0.1) is 11.3 Å². The molecule has 1 aromatic carbocycles. The molecule has 1 aliphatic rings. The number of benzene rings is 1. The van der Waals surface area contributed by atoms with Crippen molar-refractivity contribution in [1.29, 1.82) is 5.26 Å². The molecule has 0 atom stereocenters. The third kappa shape index (κ3) is 7.21. The third-order valence-electron chi connectivity index (χ3n) is 5.11. The average Bonchev–Trinajstić information content (AvgIpc) is 2.81. The van der Waals surface area contributed by atoms with Crippen LogP contribution in [0.25, 0.3) is 10.9 Å². The predicted molar refractivity (Wildman–Crippen MR) is 127 cm³/mol. The summed E-state index contributed by atoms with van der Waals surface area (Å²) in [6.45, 7) is 7.06. The Labute approximate surface area is 188 Å². The summed E-state index contributed by atoms with van der Waals surface area (Å²) in [4.78, 5) is 7.00. The van der Waals surface area contributed by atoms with E-state index >= 15 is 0 Å². The van der Waals surface area contributed by atoms with Gasteiger partial charge in [-0.25, -0.2) is 4.98 Å². The number of nitriles is 1. The quantitative estimate of drug-likeness (QED) is 0.378. The van der Waals surface area contributed by atoms with Crippen molar-refractivity contribution in [1.82, 2.24) is 20.5 Å². The zero-order valence-corrected chi connectivity index (χ0v) is 18.8. The van der Waals surface area contributed by atoms with E-state index < -0.39 is 0 Å². The molecule has 2 aromatic rings. The lowest BCUT2D eigenvalue weighted by atomic mass is 10.1. The second-order valence-corrected chi connectivity index (χ2v) is 7.73. The molecular weight excluding hydrogens is 412 g/mol. The summed E-state index contributed by atoms with van der Waals surface area (Å²) in [5, 5.41) is 20.8. The lowest BCUT2D eigenvalue weighted by molar-refractivity contribution is 0.0376. The van der Waals surface area contributed by atoms with E-state index in [9.17, 15) is 5.26 Å². The number of nitrogens with zero attached hydrogens (tertiary/aromatic N) is 3. The molecule has 1 saturated heterocycles.